The Bertz CT molecular complexity index is 1070. The molecule has 1 aliphatic rings. The predicted octanol–water partition coefficient (Wildman–Crippen LogP) is 2.44. The monoisotopic (exact) mass is 474 g/mol. The van der Waals surface area contributed by atoms with Crippen molar-refractivity contribution in [1.82, 2.24) is 14.5 Å². The van der Waals surface area contributed by atoms with Gasteiger partial charge in [0.2, 0.25) is 15.9 Å². The fourth-order valence-electron chi connectivity index (χ4n) is 3.53. The van der Waals surface area contributed by atoms with Crippen LogP contribution in [-0.2, 0) is 21.4 Å². The van der Waals surface area contributed by atoms with E-state index in [0.717, 1.165) is 18.8 Å². The zero-order valence-corrected chi connectivity index (χ0v) is 19.6. The topological polar surface area (TPSA) is 112 Å². The Labute approximate surface area is 194 Å². The van der Waals surface area contributed by atoms with Crippen LogP contribution in [0, 0.1) is 0 Å². The number of hydrogen-bond acceptors (Lipinski definition) is 6. The Morgan fingerprint density at radius 2 is 1.85 bits per heavy atom. The predicted molar refractivity (Wildman–Crippen MR) is 125 cm³/mol. The molecule has 0 bridgehead atoms. The van der Waals surface area contributed by atoms with E-state index in [1.54, 1.807) is 6.07 Å². The van der Waals surface area contributed by atoms with Crippen molar-refractivity contribution in [2.24, 2.45) is 0 Å². The first kappa shape index (κ1) is 24.7. The SMILES string of the molecule is C=CC(=O)NCCCN(C)S(=O)(=O)c1ccc(NC(=O)c2ccc(CN3CCCC3)o2)cc1. The largest absolute Gasteiger partial charge is 0.455 e. The van der Waals surface area contributed by atoms with Gasteiger partial charge in [0.1, 0.15) is 5.76 Å². The molecule has 0 aliphatic carbocycles. The zero-order chi connectivity index (χ0) is 23.8. The lowest BCUT2D eigenvalue weighted by Crippen LogP contribution is -2.31. The maximum atomic E-state index is 12.7. The number of rotatable bonds is 11. The minimum atomic E-state index is -3.69. The Morgan fingerprint density at radius 1 is 1.15 bits per heavy atom. The summed E-state index contributed by atoms with van der Waals surface area (Å²) < 4.78 is 32.4. The summed E-state index contributed by atoms with van der Waals surface area (Å²) in [5.74, 6) is 0.271. The molecular formula is C23H30N4O5S. The molecule has 2 heterocycles. The number of nitrogens with zero attached hydrogens (tertiary/aromatic N) is 2. The first-order valence-corrected chi connectivity index (χ1v) is 12.3. The lowest BCUT2D eigenvalue weighted by Gasteiger charge is -2.17. The average Bonchev–Trinajstić information content (AvgIpc) is 3.49. The molecule has 0 spiro atoms. The first-order chi connectivity index (χ1) is 15.8. The highest BCUT2D eigenvalue weighted by Crippen LogP contribution is 2.20. The standard InChI is InChI=1S/C23H30N4O5S/c1-3-22(28)24-13-6-14-26(2)33(30,31)20-10-7-18(8-11-20)25-23(29)21-12-9-19(32-21)17-27-15-4-5-16-27/h3,7-12H,1,4-6,13-17H2,2H3,(H,24,28)(H,25,29). The van der Waals surface area contributed by atoms with E-state index >= 15 is 0 Å². The van der Waals surface area contributed by atoms with Gasteiger partial charge in [-0.25, -0.2) is 12.7 Å². The van der Waals surface area contributed by atoms with Gasteiger partial charge in [0.25, 0.3) is 5.91 Å². The van der Waals surface area contributed by atoms with Crippen LogP contribution in [0.15, 0.2) is 58.4 Å². The highest BCUT2D eigenvalue weighted by Gasteiger charge is 2.21. The lowest BCUT2D eigenvalue weighted by molar-refractivity contribution is -0.116. The molecule has 1 fully saturated rings. The number of carbonyl (C=O) groups is 2. The zero-order valence-electron chi connectivity index (χ0n) is 18.7. The molecule has 1 saturated heterocycles. The second kappa shape index (κ2) is 11.3. The van der Waals surface area contributed by atoms with E-state index in [-0.39, 0.29) is 23.1 Å². The highest BCUT2D eigenvalue weighted by molar-refractivity contribution is 7.89. The first-order valence-electron chi connectivity index (χ1n) is 10.9. The van der Waals surface area contributed by atoms with Crippen LogP contribution < -0.4 is 10.6 Å². The molecule has 9 nitrogen and oxygen atoms in total. The molecule has 0 atom stereocenters. The van der Waals surface area contributed by atoms with Crippen molar-refractivity contribution in [3.8, 4) is 0 Å². The van der Waals surface area contributed by atoms with E-state index in [0.29, 0.717) is 25.2 Å². The van der Waals surface area contributed by atoms with Crippen molar-refractivity contribution in [3.63, 3.8) is 0 Å². The minimum absolute atomic E-state index is 0.115. The van der Waals surface area contributed by atoms with Gasteiger partial charge in [-0.05, 0) is 74.8 Å². The number of carbonyl (C=O) groups excluding carboxylic acids is 2. The van der Waals surface area contributed by atoms with Crippen molar-refractivity contribution >= 4 is 27.5 Å². The number of anilines is 1. The maximum Gasteiger partial charge on any atom is 0.291 e. The van der Waals surface area contributed by atoms with Gasteiger partial charge in [-0.3, -0.25) is 14.5 Å². The maximum absolute atomic E-state index is 12.7. The summed E-state index contributed by atoms with van der Waals surface area (Å²) in [5.41, 5.74) is 0.464. The quantitative estimate of drug-likeness (QED) is 0.382. The number of amides is 2. The van der Waals surface area contributed by atoms with Crippen molar-refractivity contribution in [1.29, 1.82) is 0 Å². The lowest BCUT2D eigenvalue weighted by atomic mass is 10.3. The van der Waals surface area contributed by atoms with Gasteiger partial charge in [0.15, 0.2) is 5.76 Å². The summed E-state index contributed by atoms with van der Waals surface area (Å²) in [7, 11) is -2.20. The molecule has 1 aromatic heterocycles. The molecule has 2 amide bonds. The van der Waals surface area contributed by atoms with E-state index < -0.39 is 15.9 Å². The van der Waals surface area contributed by atoms with E-state index in [1.165, 1.54) is 54.5 Å². The van der Waals surface area contributed by atoms with Crippen LogP contribution in [0.25, 0.3) is 0 Å². The summed E-state index contributed by atoms with van der Waals surface area (Å²) in [5, 5.41) is 5.34. The smallest absolute Gasteiger partial charge is 0.291 e. The summed E-state index contributed by atoms with van der Waals surface area (Å²) >= 11 is 0. The Kier molecular flexibility index (Phi) is 8.43. The van der Waals surface area contributed by atoms with Crippen LogP contribution in [0.1, 0.15) is 35.6 Å². The number of likely N-dealkylation sites (tertiary alicyclic amines) is 1. The van der Waals surface area contributed by atoms with E-state index in [2.05, 4.69) is 22.1 Å². The number of sulfonamides is 1. The van der Waals surface area contributed by atoms with Gasteiger partial charge in [-0.15, -0.1) is 0 Å². The Morgan fingerprint density at radius 3 is 2.52 bits per heavy atom. The van der Waals surface area contributed by atoms with Crippen molar-refractivity contribution in [2.45, 2.75) is 30.7 Å². The van der Waals surface area contributed by atoms with Crippen LogP contribution in [0.2, 0.25) is 0 Å². The van der Waals surface area contributed by atoms with Gasteiger partial charge >= 0.3 is 0 Å². The van der Waals surface area contributed by atoms with Gasteiger partial charge in [-0.2, -0.15) is 0 Å². The van der Waals surface area contributed by atoms with E-state index in [4.69, 9.17) is 4.42 Å². The summed E-state index contributed by atoms with van der Waals surface area (Å²) in [6, 6.07) is 9.42. The Balaban J connectivity index is 1.53. The van der Waals surface area contributed by atoms with E-state index in [9.17, 15) is 18.0 Å². The third kappa shape index (κ3) is 6.77. The second-order valence-corrected chi connectivity index (χ2v) is 9.95. The Hall–Kier alpha value is -2.95. The summed E-state index contributed by atoms with van der Waals surface area (Å²) in [4.78, 5) is 26.0. The molecule has 178 valence electrons. The number of benzene rings is 1. The minimum Gasteiger partial charge on any atom is -0.455 e. The molecule has 0 radical (unpaired) electrons. The number of furan rings is 1. The van der Waals surface area contributed by atoms with Gasteiger partial charge in [0.05, 0.1) is 11.4 Å². The third-order valence-corrected chi connectivity index (χ3v) is 7.29. The number of nitrogens with one attached hydrogen (secondary N) is 2. The highest BCUT2D eigenvalue weighted by atomic mass is 32.2. The van der Waals surface area contributed by atoms with Crippen LogP contribution in [0.4, 0.5) is 5.69 Å². The van der Waals surface area contributed by atoms with E-state index in [1.807, 2.05) is 6.07 Å². The fraction of sp³-hybridized carbons (Fsp3) is 0.391. The molecule has 2 N–H and O–H groups in total. The molecule has 10 heteroatoms. The number of hydrogen-bond donors (Lipinski definition) is 2. The molecule has 1 aromatic carbocycles. The summed E-state index contributed by atoms with van der Waals surface area (Å²) in [6.45, 7) is 6.73. The fourth-order valence-corrected chi connectivity index (χ4v) is 4.74. The molecule has 33 heavy (non-hydrogen) atoms. The average molecular weight is 475 g/mol. The molecule has 0 unspecified atom stereocenters. The van der Waals surface area contributed by atoms with Gasteiger partial charge in [0, 0.05) is 25.8 Å². The van der Waals surface area contributed by atoms with Crippen molar-refractivity contribution in [3.05, 3.63) is 60.6 Å². The molecule has 0 saturated carbocycles. The van der Waals surface area contributed by atoms with Crippen LogP contribution in [0.5, 0.6) is 0 Å². The molecular weight excluding hydrogens is 444 g/mol. The van der Waals surface area contributed by atoms with Crippen molar-refractivity contribution < 1.29 is 22.4 Å². The van der Waals surface area contributed by atoms with Crippen LogP contribution in [0.3, 0.4) is 0 Å². The normalized spacial score (nSPS) is 14.4. The van der Waals surface area contributed by atoms with Crippen LogP contribution >= 0.6 is 0 Å². The van der Waals surface area contributed by atoms with Crippen LogP contribution in [-0.4, -0.2) is 62.7 Å². The van der Waals surface area contributed by atoms with Gasteiger partial charge in [-0.1, -0.05) is 6.58 Å². The molecule has 1 aliphatic heterocycles. The summed E-state index contributed by atoms with van der Waals surface area (Å²) in [6.07, 6.45) is 4.00. The molecule has 2 aromatic rings. The van der Waals surface area contributed by atoms with Gasteiger partial charge < -0.3 is 15.1 Å². The molecule has 3 rings (SSSR count). The second-order valence-electron chi connectivity index (χ2n) is 7.90. The third-order valence-electron chi connectivity index (χ3n) is 5.42. The van der Waals surface area contributed by atoms with Crippen molar-refractivity contribution in [2.75, 3.05) is 38.5 Å².